The molecule has 0 radical (unpaired) electrons. The summed E-state index contributed by atoms with van der Waals surface area (Å²) < 4.78 is 7.61. The minimum atomic E-state index is -0.672. The zero-order valence-electron chi connectivity index (χ0n) is 16.1. The fourth-order valence-electron chi connectivity index (χ4n) is 3.26. The van der Waals surface area contributed by atoms with E-state index in [1.54, 1.807) is 19.9 Å². The second kappa shape index (κ2) is 8.07. The second-order valence-corrected chi connectivity index (χ2v) is 9.79. The first-order valence-electron chi connectivity index (χ1n) is 9.08. The van der Waals surface area contributed by atoms with Gasteiger partial charge in [0.15, 0.2) is 0 Å². The number of aromatic nitrogens is 1. The largest absolute Gasteiger partial charge is 0.460 e. The third-order valence-corrected chi connectivity index (χ3v) is 7.34. The van der Waals surface area contributed by atoms with Crippen molar-refractivity contribution in [2.75, 3.05) is 0 Å². The Bertz CT molecular complexity index is 1350. The number of hydrogen-bond donors (Lipinski definition) is 1. The van der Waals surface area contributed by atoms with Gasteiger partial charge in [0, 0.05) is 9.75 Å². The van der Waals surface area contributed by atoms with Gasteiger partial charge in [0.05, 0.1) is 33.8 Å². The highest BCUT2D eigenvalue weighted by atomic mass is 32.1. The topological polar surface area (TPSA) is 98.1 Å². The fraction of sp³-hybridized carbons (Fsp3) is 0.190. The molecular formula is C21H17N3O3S3. The maximum absolute atomic E-state index is 13.2. The van der Waals surface area contributed by atoms with Crippen molar-refractivity contribution in [3.63, 3.8) is 0 Å². The van der Waals surface area contributed by atoms with Crippen molar-refractivity contribution < 1.29 is 9.53 Å². The Morgan fingerprint density at radius 2 is 2.03 bits per heavy atom. The number of allylic oxidation sites excluding steroid dienone is 1. The molecule has 2 N–H and O–H groups in total. The highest BCUT2D eigenvalue weighted by Gasteiger charge is 2.37. The molecule has 3 aromatic heterocycles. The third kappa shape index (κ3) is 3.43. The number of esters is 1. The maximum atomic E-state index is 13.2. The number of rotatable bonds is 4. The number of carbonyl (C=O) groups is 1. The molecule has 4 rings (SSSR count). The van der Waals surface area contributed by atoms with E-state index in [0.717, 1.165) is 9.75 Å². The van der Waals surface area contributed by atoms with Crippen molar-refractivity contribution in [2.24, 2.45) is 5.73 Å². The predicted molar refractivity (Wildman–Crippen MR) is 120 cm³/mol. The number of ether oxygens (including phenoxy) is 1. The molecule has 3 aromatic rings. The Morgan fingerprint density at radius 3 is 2.63 bits per heavy atom. The highest BCUT2D eigenvalue weighted by Crippen LogP contribution is 2.38. The summed E-state index contributed by atoms with van der Waals surface area (Å²) in [6.07, 6.45) is 1.42. The number of nitriles is 1. The quantitative estimate of drug-likeness (QED) is 0.609. The molecule has 30 heavy (non-hydrogen) atoms. The van der Waals surface area contributed by atoms with Gasteiger partial charge in [0.1, 0.15) is 10.5 Å². The van der Waals surface area contributed by atoms with Crippen LogP contribution in [0.2, 0.25) is 0 Å². The summed E-state index contributed by atoms with van der Waals surface area (Å²) in [7, 11) is 0. The minimum absolute atomic E-state index is 0.0547. The average molecular weight is 456 g/mol. The Kier molecular flexibility index (Phi) is 5.47. The lowest BCUT2D eigenvalue weighted by molar-refractivity contribution is -0.140. The molecule has 0 aliphatic carbocycles. The van der Waals surface area contributed by atoms with Crippen LogP contribution in [0.3, 0.4) is 0 Å². The van der Waals surface area contributed by atoms with E-state index in [9.17, 15) is 14.9 Å². The van der Waals surface area contributed by atoms with Gasteiger partial charge in [-0.05, 0) is 42.8 Å². The van der Waals surface area contributed by atoms with Crippen LogP contribution in [0.25, 0.3) is 17.5 Å². The summed E-state index contributed by atoms with van der Waals surface area (Å²) in [6, 6.07) is 9.62. The molecule has 0 amide bonds. The van der Waals surface area contributed by atoms with Crippen LogP contribution in [0, 0.1) is 11.3 Å². The van der Waals surface area contributed by atoms with Crippen molar-refractivity contribution in [3.8, 4) is 6.07 Å². The first-order chi connectivity index (χ1) is 14.4. The van der Waals surface area contributed by atoms with Gasteiger partial charge in [-0.1, -0.05) is 12.1 Å². The molecule has 0 saturated heterocycles. The molecule has 9 heteroatoms. The van der Waals surface area contributed by atoms with Crippen LogP contribution in [0.4, 0.5) is 0 Å². The van der Waals surface area contributed by atoms with Gasteiger partial charge in [-0.2, -0.15) is 5.26 Å². The van der Waals surface area contributed by atoms with Crippen LogP contribution >= 0.6 is 34.0 Å². The molecule has 1 aliphatic heterocycles. The first-order valence-corrected chi connectivity index (χ1v) is 11.7. The summed E-state index contributed by atoms with van der Waals surface area (Å²) in [5.74, 6) is -1.17. The summed E-state index contributed by atoms with van der Waals surface area (Å²) in [5, 5.41) is 13.7. The predicted octanol–water partition coefficient (Wildman–Crippen LogP) is 2.41. The molecular weight excluding hydrogens is 438 g/mol. The Morgan fingerprint density at radius 1 is 1.30 bits per heavy atom. The average Bonchev–Trinajstić information content (AvgIpc) is 3.44. The number of nitrogens with two attached hydrogens (primary N) is 1. The van der Waals surface area contributed by atoms with Gasteiger partial charge in [-0.3, -0.25) is 9.36 Å². The number of hydrogen-bond acceptors (Lipinski definition) is 8. The lowest BCUT2D eigenvalue weighted by Gasteiger charge is -2.24. The second-order valence-electron chi connectivity index (χ2n) is 6.80. The summed E-state index contributed by atoms with van der Waals surface area (Å²) in [4.78, 5) is 28.0. The number of carbonyl (C=O) groups excluding carboxylic acids is 1. The molecule has 0 spiro atoms. The SMILES string of the molecule is CC(C)OC(=O)C1=c2s/c(=C\c3cccs3)c(=O)n2C(N)=C(C#N)C1c1cccs1. The monoisotopic (exact) mass is 455 g/mol. The van der Waals surface area contributed by atoms with E-state index in [2.05, 4.69) is 6.07 Å². The summed E-state index contributed by atoms with van der Waals surface area (Å²) in [5.41, 5.74) is 6.39. The van der Waals surface area contributed by atoms with E-state index in [4.69, 9.17) is 10.5 Å². The van der Waals surface area contributed by atoms with E-state index < -0.39 is 11.9 Å². The number of thiophene rings is 2. The number of nitrogens with zero attached hydrogens (tertiary/aromatic N) is 2. The zero-order chi connectivity index (χ0) is 21.4. The van der Waals surface area contributed by atoms with Gasteiger partial charge in [-0.25, -0.2) is 4.79 Å². The van der Waals surface area contributed by atoms with Gasteiger partial charge in [0.2, 0.25) is 0 Å². The van der Waals surface area contributed by atoms with Crippen LogP contribution in [0.5, 0.6) is 0 Å². The lowest BCUT2D eigenvalue weighted by Crippen LogP contribution is -2.40. The van der Waals surface area contributed by atoms with Crippen LogP contribution in [0.15, 0.2) is 45.4 Å². The van der Waals surface area contributed by atoms with Gasteiger partial charge < -0.3 is 10.5 Å². The standard InChI is InChI=1S/C21H17N3O3S3/c1-11(2)27-21(26)17-16(14-6-4-8-29-14)13(10-22)18(23)24-19(25)15(30-20(17)24)9-12-5-3-7-28-12/h3-9,11,16H,23H2,1-2H3/b15-9-. The minimum Gasteiger partial charge on any atom is -0.460 e. The molecule has 1 atom stereocenters. The molecule has 0 fully saturated rings. The summed E-state index contributed by atoms with van der Waals surface area (Å²) >= 11 is 4.11. The third-order valence-electron chi connectivity index (χ3n) is 4.48. The Labute approximate surface area is 184 Å². The molecule has 1 unspecified atom stereocenters. The molecule has 6 nitrogen and oxygen atoms in total. The molecule has 152 valence electrons. The maximum Gasteiger partial charge on any atom is 0.338 e. The van der Waals surface area contributed by atoms with E-state index >= 15 is 0 Å². The van der Waals surface area contributed by atoms with Crippen LogP contribution in [0.1, 0.15) is 29.5 Å². The van der Waals surface area contributed by atoms with Crippen LogP contribution in [-0.4, -0.2) is 16.6 Å². The van der Waals surface area contributed by atoms with Gasteiger partial charge >= 0.3 is 5.97 Å². The van der Waals surface area contributed by atoms with E-state index in [1.807, 2.05) is 35.0 Å². The normalized spacial score (nSPS) is 16.7. The first kappa shape index (κ1) is 20.3. The number of thiazole rings is 1. The highest BCUT2D eigenvalue weighted by molar-refractivity contribution is 7.11. The molecule has 4 heterocycles. The zero-order valence-corrected chi connectivity index (χ0v) is 18.6. The van der Waals surface area contributed by atoms with Crippen LogP contribution in [-0.2, 0) is 9.53 Å². The van der Waals surface area contributed by atoms with E-state index in [0.29, 0.717) is 9.20 Å². The van der Waals surface area contributed by atoms with E-state index in [1.165, 1.54) is 38.6 Å². The van der Waals surface area contributed by atoms with Crippen molar-refractivity contribution in [2.45, 2.75) is 25.9 Å². The van der Waals surface area contributed by atoms with Crippen LogP contribution < -0.4 is 20.5 Å². The van der Waals surface area contributed by atoms with Crippen molar-refractivity contribution in [3.05, 3.63) is 69.9 Å². The fourth-order valence-corrected chi connectivity index (χ4v) is 6.00. The van der Waals surface area contributed by atoms with Gasteiger partial charge in [-0.15, -0.1) is 34.0 Å². The van der Waals surface area contributed by atoms with Crippen molar-refractivity contribution in [1.82, 2.24) is 4.57 Å². The number of fused-ring (bicyclic) bond motifs is 1. The smallest absolute Gasteiger partial charge is 0.338 e. The molecule has 0 bridgehead atoms. The Balaban J connectivity index is 2.10. The van der Waals surface area contributed by atoms with Crippen molar-refractivity contribution >= 4 is 57.4 Å². The molecule has 0 aromatic carbocycles. The Hall–Kier alpha value is -2.93. The van der Waals surface area contributed by atoms with Gasteiger partial charge in [0.25, 0.3) is 5.56 Å². The van der Waals surface area contributed by atoms with E-state index in [-0.39, 0.29) is 28.6 Å². The molecule has 0 saturated carbocycles. The van der Waals surface area contributed by atoms with Crippen molar-refractivity contribution in [1.29, 1.82) is 5.26 Å². The lowest BCUT2D eigenvalue weighted by atomic mass is 9.88. The molecule has 1 aliphatic rings. The summed E-state index contributed by atoms with van der Waals surface area (Å²) in [6.45, 7) is 3.52.